The molecule has 0 amide bonds. The first-order chi connectivity index (χ1) is 62.4. The lowest BCUT2D eigenvalue weighted by molar-refractivity contribution is 1.12. The molecule has 8 heteroatoms. The summed E-state index contributed by atoms with van der Waals surface area (Å²) in [6, 6.07) is 85.1. The molecule has 0 aliphatic rings. The molecular formula is C125H142Br8. The van der Waals surface area contributed by atoms with Crippen LogP contribution in [0.5, 0.6) is 0 Å². The van der Waals surface area contributed by atoms with E-state index in [1.54, 1.807) is 0 Å². The van der Waals surface area contributed by atoms with Gasteiger partial charge in [-0.1, -0.05) is 333 Å². The first kappa shape index (κ1) is 114. The highest BCUT2D eigenvalue weighted by atomic mass is 79.9. The van der Waals surface area contributed by atoms with Gasteiger partial charge in [0, 0.05) is 46.9 Å². The van der Waals surface area contributed by atoms with Crippen molar-refractivity contribution >= 4 is 127 Å². The Morgan fingerprint density at radius 2 is 0.383 bits per heavy atom. The molecule has 0 atom stereocenters. The molecule has 0 spiro atoms. The van der Waals surface area contributed by atoms with E-state index in [2.05, 4.69) is 593 Å². The third-order valence-electron chi connectivity index (χ3n) is 25.4. The van der Waals surface area contributed by atoms with Crippen LogP contribution in [0.25, 0.3) is 44.5 Å². The molecule has 0 aromatic heterocycles. The number of hydrogen-bond donors (Lipinski definition) is 0. The first-order valence-corrected chi connectivity index (χ1v) is 52.2. The number of benzene rings is 15. The summed E-state index contributed by atoms with van der Waals surface area (Å²) in [5, 5.41) is 0. The van der Waals surface area contributed by atoms with E-state index in [-0.39, 0.29) is 0 Å². The lowest BCUT2D eigenvalue weighted by atomic mass is 9.92. The monoisotopic (exact) mass is 2270 g/mol. The highest BCUT2D eigenvalue weighted by Crippen LogP contribution is 2.49. The molecule has 0 saturated carbocycles. The zero-order chi connectivity index (χ0) is 99.4. The highest BCUT2D eigenvalue weighted by molar-refractivity contribution is 9.12. The van der Waals surface area contributed by atoms with Gasteiger partial charge in [0.1, 0.15) is 0 Å². The number of halogens is 8. The standard InChI is InChI=1S/C18H18Br4.2C18H22.C15H16.C14H14.C9H10Br2.C9H12.C8H8Br2.2C8H10/c1-7-9(3)15(19)13(16(20)10(7)4)14-17(21)11(5)8(2)12(6)18(14)22;2*1-11-7-17(8-12(2)15(11)5)18-9-13(3)16(6)14(4)10-18;1-12-3-7-14(8-4-12)11-15-9-5-13(2)6-10-15;1-11-3-7-13(8-4-11)14-9-5-12(2)6-10-14;1-3-7-4-8(10)6(2)9(11)5-7;1-7-4-5-8(2)9(3)6-7;1-5-3-7(9)6(2)8(10)4-5;1-7-3-5-8(2)6-4-7;1-7-4-3-5-8(2)6-7/h1-6H3;2*7-10H,1-6H3;3-10H,11H2,1-2H3;3-10H,1-2H3;4-5H,3H2,1-2H3;4-6H,1-3H3;3-4H,1-2H3;2*3-6H,1-2H3. The van der Waals surface area contributed by atoms with Gasteiger partial charge in [-0.15, -0.1) is 0 Å². The fourth-order valence-corrected chi connectivity index (χ4v) is 20.6. The zero-order valence-corrected chi connectivity index (χ0v) is 98.1. The van der Waals surface area contributed by atoms with Gasteiger partial charge in [0.05, 0.1) is 0 Å². The molecule has 0 bridgehead atoms. The van der Waals surface area contributed by atoms with E-state index >= 15 is 0 Å². The Hall–Kier alpha value is -7.86. The summed E-state index contributed by atoms with van der Waals surface area (Å²) in [6.45, 7) is 71.0. The minimum atomic E-state index is 1.03. The van der Waals surface area contributed by atoms with Crippen molar-refractivity contribution in [1.82, 2.24) is 0 Å². The quantitative estimate of drug-likeness (QED) is 0.149. The van der Waals surface area contributed by atoms with Gasteiger partial charge in [0.2, 0.25) is 0 Å². The Kier molecular flexibility index (Phi) is 46.5. The predicted octanol–water partition coefficient (Wildman–Crippen LogP) is 41.7. The molecule has 698 valence electrons. The number of rotatable bonds is 7. The molecule has 15 aromatic carbocycles. The van der Waals surface area contributed by atoms with E-state index in [0.29, 0.717) is 0 Å². The van der Waals surface area contributed by atoms with Gasteiger partial charge in [0.25, 0.3) is 0 Å². The maximum atomic E-state index is 3.82. The van der Waals surface area contributed by atoms with E-state index in [1.807, 2.05) is 0 Å². The lowest BCUT2D eigenvalue weighted by Crippen LogP contribution is -1.99. The van der Waals surface area contributed by atoms with Crippen LogP contribution in [-0.2, 0) is 12.8 Å². The third-order valence-corrected chi connectivity index (χ3v) is 32.6. The predicted molar refractivity (Wildman–Crippen MR) is 618 cm³/mol. The summed E-state index contributed by atoms with van der Waals surface area (Å²) in [6.07, 6.45) is 2.11. The Bertz CT molecular complexity index is 5800. The Balaban J connectivity index is 0.000000231. The van der Waals surface area contributed by atoms with E-state index in [1.165, 1.54) is 257 Å². The van der Waals surface area contributed by atoms with Crippen LogP contribution in [0.4, 0.5) is 0 Å². The second-order valence-electron chi connectivity index (χ2n) is 36.4. The second-order valence-corrected chi connectivity index (χ2v) is 43.0. The average Bonchev–Trinajstić information content (AvgIpc) is 0.748. The maximum absolute atomic E-state index is 3.82. The topological polar surface area (TPSA) is 0 Å². The molecule has 0 aliphatic carbocycles. The van der Waals surface area contributed by atoms with E-state index in [0.717, 1.165) is 30.7 Å². The molecule has 0 N–H and O–H groups in total. The van der Waals surface area contributed by atoms with Gasteiger partial charge < -0.3 is 0 Å². The van der Waals surface area contributed by atoms with Crippen LogP contribution in [0.15, 0.2) is 272 Å². The van der Waals surface area contributed by atoms with Crippen LogP contribution in [-0.4, -0.2) is 0 Å². The second kappa shape index (κ2) is 54.3. The van der Waals surface area contributed by atoms with Crippen LogP contribution >= 0.6 is 127 Å². The van der Waals surface area contributed by atoms with Gasteiger partial charge in [0.15, 0.2) is 0 Å². The van der Waals surface area contributed by atoms with Gasteiger partial charge in [-0.3, -0.25) is 0 Å². The first-order valence-electron chi connectivity index (χ1n) is 45.9. The molecule has 133 heavy (non-hydrogen) atoms. The number of aryl methyl sites for hydroxylation is 21. The Labute approximate surface area is 871 Å². The summed E-state index contributed by atoms with van der Waals surface area (Å²) in [5.41, 5.74) is 57.3. The third kappa shape index (κ3) is 34.7. The van der Waals surface area contributed by atoms with Crippen molar-refractivity contribution in [3.05, 3.63) is 467 Å². The molecule has 0 saturated heterocycles. The Morgan fingerprint density at radius 3 is 0.609 bits per heavy atom. The normalized spacial score (nSPS) is 10.4. The SMILES string of the molecule is CCc1cc(Br)c(C)c(Br)c1.Cc1c(C)c(Br)c(-c2c(Br)c(C)c(C)c(C)c2Br)c(Br)c1C.Cc1cc(-c2cc(C)c(C)c(C)c2)cc(C)c1C.Cc1cc(-c2cc(C)c(C)c(C)c2)cc(C)c1C.Cc1cc(Br)c(C)c(Br)c1.Cc1ccc(-c2ccc(C)cc2)cc1.Cc1ccc(C)c(C)c1.Cc1ccc(C)cc1.Cc1ccc(Cc2ccc(C)cc2)cc1.Cc1cccc(C)c1. The van der Waals surface area contributed by atoms with Crippen molar-refractivity contribution in [1.29, 1.82) is 0 Å². The summed E-state index contributed by atoms with van der Waals surface area (Å²) in [5.74, 6) is 0. The number of hydrogen-bond acceptors (Lipinski definition) is 0. The molecule has 0 aliphatic heterocycles. The molecule has 0 unspecified atom stereocenters. The largest absolute Gasteiger partial charge is 0.0617 e. The fraction of sp³-hybridized carbons (Fsp3) is 0.280. The van der Waals surface area contributed by atoms with Crippen molar-refractivity contribution in [2.24, 2.45) is 0 Å². The average molecular weight is 2280 g/mol. The van der Waals surface area contributed by atoms with Crippen molar-refractivity contribution in [2.75, 3.05) is 0 Å². The molecular weight excluding hydrogens is 2140 g/mol. The molecule has 15 aromatic rings. The van der Waals surface area contributed by atoms with Crippen LogP contribution in [0.1, 0.15) is 202 Å². The lowest BCUT2D eigenvalue weighted by Gasteiger charge is -2.22. The summed E-state index contributed by atoms with van der Waals surface area (Å²) < 4.78 is 9.28. The molecule has 0 nitrogen and oxygen atoms in total. The van der Waals surface area contributed by atoms with Gasteiger partial charge in [-0.25, -0.2) is 0 Å². The van der Waals surface area contributed by atoms with Crippen LogP contribution in [0.2, 0.25) is 0 Å². The van der Waals surface area contributed by atoms with Crippen molar-refractivity contribution in [3.8, 4) is 44.5 Å². The minimum Gasteiger partial charge on any atom is -0.0617 e. The van der Waals surface area contributed by atoms with Crippen molar-refractivity contribution in [2.45, 2.75) is 241 Å². The van der Waals surface area contributed by atoms with Crippen LogP contribution < -0.4 is 0 Å². The highest BCUT2D eigenvalue weighted by Gasteiger charge is 2.24. The van der Waals surface area contributed by atoms with E-state index in [4.69, 9.17) is 0 Å². The molecule has 0 radical (unpaired) electrons. The van der Waals surface area contributed by atoms with Crippen molar-refractivity contribution < 1.29 is 0 Å². The fourth-order valence-electron chi connectivity index (χ4n) is 14.6. The van der Waals surface area contributed by atoms with Gasteiger partial charge >= 0.3 is 0 Å². The van der Waals surface area contributed by atoms with E-state index in [9.17, 15) is 0 Å². The Morgan fingerprint density at radius 1 is 0.158 bits per heavy atom. The summed E-state index contributed by atoms with van der Waals surface area (Å²) in [4.78, 5) is 0. The maximum Gasteiger partial charge on any atom is 0.0297 e. The molecule has 15 rings (SSSR count). The van der Waals surface area contributed by atoms with Gasteiger partial charge in [-0.2, -0.15) is 0 Å². The summed E-state index contributed by atoms with van der Waals surface area (Å²) >= 11 is 29.2. The zero-order valence-electron chi connectivity index (χ0n) is 85.5. The van der Waals surface area contributed by atoms with E-state index < -0.39 is 0 Å². The molecule has 0 fully saturated rings. The van der Waals surface area contributed by atoms with Crippen LogP contribution in [0.3, 0.4) is 0 Å². The molecule has 0 heterocycles. The van der Waals surface area contributed by atoms with Gasteiger partial charge in [-0.05, 0) is 500 Å². The van der Waals surface area contributed by atoms with Crippen molar-refractivity contribution in [3.63, 3.8) is 0 Å². The minimum absolute atomic E-state index is 1.03. The van der Waals surface area contributed by atoms with Crippen LogP contribution in [0, 0.1) is 222 Å². The summed E-state index contributed by atoms with van der Waals surface area (Å²) in [7, 11) is 0. The smallest absolute Gasteiger partial charge is 0.0297 e.